The smallest absolute Gasteiger partial charge is 0.337 e. The molecule has 3 heterocycles. The summed E-state index contributed by atoms with van der Waals surface area (Å²) in [5, 5.41) is 3.64. The summed E-state index contributed by atoms with van der Waals surface area (Å²) in [5.41, 5.74) is -0.139. The Morgan fingerprint density at radius 2 is 2.03 bits per heavy atom. The number of aromatic nitrogens is 2. The number of hydrogen-bond acceptors (Lipinski definition) is 5. The van der Waals surface area contributed by atoms with Gasteiger partial charge in [0.2, 0.25) is 0 Å². The minimum atomic E-state index is -4.40. The zero-order valence-corrected chi connectivity index (χ0v) is 18.2. The fourth-order valence-corrected chi connectivity index (χ4v) is 6.44. The lowest BCUT2D eigenvalue weighted by atomic mass is 10.2. The SMILES string of the molecule is CCn1c(=O)/c(=C2\Sc3cc(C(F)(F)F)ccc3N2C)s/c1=C\c1scc[n+]1C. The fraction of sp³-hybridized carbons (Fsp3) is 0.263. The Morgan fingerprint density at radius 3 is 2.66 bits per heavy atom. The van der Waals surface area contributed by atoms with Gasteiger partial charge in [0.1, 0.15) is 21.3 Å². The fourth-order valence-electron chi connectivity index (χ4n) is 3.09. The summed E-state index contributed by atoms with van der Waals surface area (Å²) in [6.45, 7) is 2.42. The normalized spacial score (nSPS) is 16.6. The van der Waals surface area contributed by atoms with Crippen LogP contribution in [0.3, 0.4) is 0 Å². The average molecular weight is 457 g/mol. The van der Waals surface area contributed by atoms with Crippen LogP contribution in [0.15, 0.2) is 39.5 Å². The summed E-state index contributed by atoms with van der Waals surface area (Å²) in [4.78, 5) is 15.4. The van der Waals surface area contributed by atoms with E-state index in [1.807, 2.05) is 36.2 Å². The molecule has 0 saturated heterocycles. The first-order chi connectivity index (χ1) is 13.7. The van der Waals surface area contributed by atoms with E-state index in [-0.39, 0.29) is 5.56 Å². The predicted molar refractivity (Wildman–Crippen MR) is 112 cm³/mol. The molecule has 0 saturated carbocycles. The van der Waals surface area contributed by atoms with Crippen molar-refractivity contribution in [3.63, 3.8) is 0 Å². The molecule has 10 heteroatoms. The Morgan fingerprint density at radius 1 is 1.28 bits per heavy atom. The molecule has 0 aliphatic carbocycles. The number of alkyl halides is 3. The highest BCUT2D eigenvalue weighted by atomic mass is 32.2. The maximum atomic E-state index is 13.1. The van der Waals surface area contributed by atoms with Gasteiger partial charge in [-0.2, -0.15) is 17.7 Å². The summed E-state index contributed by atoms with van der Waals surface area (Å²) >= 11 is 4.15. The number of anilines is 1. The molecule has 1 aliphatic rings. The molecule has 152 valence electrons. The Balaban J connectivity index is 1.89. The van der Waals surface area contributed by atoms with Crippen molar-refractivity contribution in [3.05, 3.63) is 59.9 Å². The molecule has 4 nitrogen and oxygen atoms in total. The van der Waals surface area contributed by atoms with Gasteiger partial charge in [0.25, 0.3) is 10.6 Å². The van der Waals surface area contributed by atoms with E-state index in [2.05, 4.69) is 0 Å². The van der Waals surface area contributed by atoms with Gasteiger partial charge < -0.3 is 4.90 Å². The number of hydrogen-bond donors (Lipinski definition) is 0. The van der Waals surface area contributed by atoms with Gasteiger partial charge in [0.15, 0.2) is 6.20 Å². The molecular formula is C19H17F3N3OS3+. The van der Waals surface area contributed by atoms with E-state index in [9.17, 15) is 18.0 Å². The Kier molecular flexibility index (Phi) is 5.12. The van der Waals surface area contributed by atoms with Crippen molar-refractivity contribution >= 4 is 51.2 Å². The van der Waals surface area contributed by atoms with Crippen LogP contribution in [0.1, 0.15) is 17.5 Å². The van der Waals surface area contributed by atoms with Gasteiger partial charge in [0.05, 0.1) is 22.7 Å². The van der Waals surface area contributed by atoms with E-state index in [4.69, 9.17) is 0 Å². The molecule has 1 aliphatic heterocycles. The summed E-state index contributed by atoms with van der Waals surface area (Å²) in [6.07, 6.45) is -0.477. The van der Waals surface area contributed by atoms with Crippen LogP contribution in [-0.2, 0) is 19.8 Å². The molecular weight excluding hydrogens is 439 g/mol. The van der Waals surface area contributed by atoms with Crippen LogP contribution in [0.25, 0.3) is 11.1 Å². The number of thioether (sulfide) groups is 1. The molecule has 0 N–H and O–H groups in total. The Labute approximate surface area is 176 Å². The lowest BCUT2D eigenvalue weighted by Crippen LogP contribution is -2.34. The number of aryl methyl sites for hydroxylation is 1. The summed E-state index contributed by atoms with van der Waals surface area (Å²) in [7, 11) is 3.72. The first kappa shape index (κ1) is 20.2. The molecule has 29 heavy (non-hydrogen) atoms. The van der Waals surface area contributed by atoms with Gasteiger partial charge in [-0.15, -0.1) is 11.3 Å². The van der Waals surface area contributed by atoms with Gasteiger partial charge in [-0.25, -0.2) is 0 Å². The van der Waals surface area contributed by atoms with Crippen molar-refractivity contribution in [1.29, 1.82) is 0 Å². The third kappa shape index (κ3) is 3.53. The predicted octanol–water partition coefficient (Wildman–Crippen LogP) is 2.97. The number of benzene rings is 1. The molecule has 0 bridgehead atoms. The van der Waals surface area contributed by atoms with Gasteiger partial charge in [-0.3, -0.25) is 9.36 Å². The summed E-state index contributed by atoms with van der Waals surface area (Å²) < 4.78 is 44.2. The number of halogens is 3. The van der Waals surface area contributed by atoms with Crippen molar-refractivity contribution in [1.82, 2.24) is 4.57 Å². The minimum absolute atomic E-state index is 0.124. The number of nitrogens with zero attached hydrogens (tertiary/aromatic N) is 3. The summed E-state index contributed by atoms with van der Waals surface area (Å²) in [5.74, 6) is 0. The van der Waals surface area contributed by atoms with E-state index >= 15 is 0 Å². The lowest BCUT2D eigenvalue weighted by Gasteiger charge is -2.13. The first-order valence-corrected chi connectivity index (χ1v) is 11.2. The van der Waals surface area contributed by atoms with Crippen LogP contribution in [0.2, 0.25) is 0 Å². The van der Waals surface area contributed by atoms with Crippen molar-refractivity contribution in [2.45, 2.75) is 24.5 Å². The van der Waals surface area contributed by atoms with Crippen LogP contribution in [0, 0.1) is 0 Å². The first-order valence-electron chi connectivity index (χ1n) is 8.72. The minimum Gasteiger partial charge on any atom is -0.337 e. The van der Waals surface area contributed by atoms with Crippen LogP contribution in [-0.4, -0.2) is 11.6 Å². The van der Waals surface area contributed by atoms with Gasteiger partial charge in [-0.1, -0.05) is 23.1 Å². The lowest BCUT2D eigenvalue weighted by molar-refractivity contribution is -0.668. The molecule has 0 fully saturated rings. The van der Waals surface area contributed by atoms with Gasteiger partial charge in [-0.05, 0) is 25.1 Å². The number of thiazole rings is 2. The highest BCUT2D eigenvalue weighted by Gasteiger charge is 2.33. The molecule has 4 rings (SSSR count). The average Bonchev–Trinajstić information content (AvgIpc) is 3.31. The third-order valence-corrected chi connectivity index (χ3v) is 8.02. The van der Waals surface area contributed by atoms with E-state index in [0.29, 0.717) is 26.7 Å². The van der Waals surface area contributed by atoms with Gasteiger partial charge in [0, 0.05) is 18.5 Å². The Bertz CT molecular complexity index is 1270. The largest absolute Gasteiger partial charge is 0.416 e. The molecule has 2 aromatic heterocycles. The number of fused-ring (bicyclic) bond motifs is 1. The molecule has 3 aromatic rings. The molecule has 0 spiro atoms. The number of rotatable bonds is 2. The van der Waals surface area contributed by atoms with E-state index in [0.717, 1.165) is 21.8 Å². The van der Waals surface area contributed by atoms with E-state index in [1.165, 1.54) is 29.2 Å². The zero-order valence-electron chi connectivity index (χ0n) is 15.8. The van der Waals surface area contributed by atoms with Gasteiger partial charge >= 0.3 is 6.18 Å². The molecule has 0 unspecified atom stereocenters. The van der Waals surface area contributed by atoms with E-state index in [1.54, 1.807) is 27.9 Å². The second-order valence-electron chi connectivity index (χ2n) is 6.46. The van der Waals surface area contributed by atoms with Crippen LogP contribution < -0.4 is 24.2 Å². The zero-order chi connectivity index (χ0) is 20.9. The second kappa shape index (κ2) is 7.33. The van der Waals surface area contributed by atoms with Crippen molar-refractivity contribution < 1.29 is 17.7 Å². The molecule has 0 atom stereocenters. The maximum absolute atomic E-state index is 13.1. The highest BCUT2D eigenvalue weighted by molar-refractivity contribution is 8.08. The van der Waals surface area contributed by atoms with Crippen molar-refractivity contribution in [2.24, 2.45) is 7.05 Å². The quantitative estimate of drug-likeness (QED) is 0.556. The third-order valence-electron chi connectivity index (χ3n) is 4.65. The standard InChI is InChI=1S/C19H17F3N3OS3/c1-4-25-15(10-14-23(2)7-8-27-14)29-16(17(25)26)18-24(3)12-6-5-11(19(20,21)22)9-13(12)28-18/h5-10H,4H2,1-3H3/q+1/b18-16+. The maximum Gasteiger partial charge on any atom is 0.416 e. The molecule has 1 aromatic carbocycles. The topological polar surface area (TPSA) is 29.1 Å². The van der Waals surface area contributed by atoms with Crippen LogP contribution in [0.5, 0.6) is 0 Å². The second-order valence-corrected chi connectivity index (χ2v) is 9.45. The highest BCUT2D eigenvalue weighted by Crippen LogP contribution is 2.47. The van der Waals surface area contributed by atoms with Crippen LogP contribution >= 0.6 is 34.4 Å². The van der Waals surface area contributed by atoms with Crippen molar-refractivity contribution in [3.8, 4) is 0 Å². The van der Waals surface area contributed by atoms with Crippen molar-refractivity contribution in [2.75, 3.05) is 11.9 Å². The van der Waals surface area contributed by atoms with E-state index < -0.39 is 11.7 Å². The Hall–Kier alpha value is -2.04. The van der Waals surface area contributed by atoms with Crippen LogP contribution in [0.4, 0.5) is 18.9 Å². The molecule has 0 radical (unpaired) electrons. The monoisotopic (exact) mass is 456 g/mol. The summed E-state index contributed by atoms with van der Waals surface area (Å²) in [6, 6.07) is 3.69. The molecule has 0 amide bonds.